The van der Waals surface area contributed by atoms with E-state index in [9.17, 15) is 0 Å². The summed E-state index contributed by atoms with van der Waals surface area (Å²) in [7, 11) is 5.46. The number of hydrogen-bond donors (Lipinski definition) is 2. The van der Waals surface area contributed by atoms with Gasteiger partial charge in [-0.05, 0) is 71.0 Å². The van der Waals surface area contributed by atoms with Crippen molar-refractivity contribution < 1.29 is 9.47 Å². The Morgan fingerprint density at radius 1 is 1.07 bits per heavy atom. The van der Waals surface area contributed by atoms with Crippen LogP contribution in [0.5, 0.6) is 11.5 Å². The SMILES string of the molecule is COc1ccc(NC(N)=NCC2(N3CCCCC3)CCN(C)CC2)cc1OC. The summed E-state index contributed by atoms with van der Waals surface area (Å²) in [6, 6.07) is 5.65. The van der Waals surface area contributed by atoms with Gasteiger partial charge in [0.05, 0.1) is 20.8 Å². The van der Waals surface area contributed by atoms with Crippen molar-refractivity contribution in [3.8, 4) is 11.5 Å². The fourth-order valence-corrected chi connectivity index (χ4v) is 4.31. The minimum absolute atomic E-state index is 0.136. The Kier molecular flexibility index (Phi) is 7.02. The van der Waals surface area contributed by atoms with Gasteiger partial charge in [0.1, 0.15) is 0 Å². The molecular formula is C21H35N5O2. The molecule has 0 spiro atoms. The average Bonchev–Trinajstić information content (AvgIpc) is 2.74. The molecule has 0 bridgehead atoms. The molecule has 3 N–H and O–H groups in total. The minimum Gasteiger partial charge on any atom is -0.493 e. The van der Waals surface area contributed by atoms with Crippen molar-refractivity contribution in [3.05, 3.63) is 18.2 Å². The van der Waals surface area contributed by atoms with Gasteiger partial charge in [-0.1, -0.05) is 6.42 Å². The second-order valence-corrected chi connectivity index (χ2v) is 7.97. The predicted octanol–water partition coefficient (Wildman–Crippen LogP) is 2.38. The van der Waals surface area contributed by atoms with Gasteiger partial charge in [0.15, 0.2) is 17.5 Å². The molecule has 1 aromatic carbocycles. The van der Waals surface area contributed by atoms with Gasteiger partial charge < -0.3 is 25.4 Å². The third-order valence-corrected chi connectivity index (χ3v) is 6.14. The van der Waals surface area contributed by atoms with Crippen molar-refractivity contribution in [3.63, 3.8) is 0 Å². The van der Waals surface area contributed by atoms with Gasteiger partial charge in [0.2, 0.25) is 0 Å². The molecular weight excluding hydrogens is 354 g/mol. The number of nitrogens with zero attached hydrogens (tertiary/aromatic N) is 3. The molecule has 7 nitrogen and oxygen atoms in total. The molecule has 0 atom stereocenters. The Balaban J connectivity index is 1.69. The number of anilines is 1. The van der Waals surface area contributed by atoms with Crippen LogP contribution in [0.4, 0.5) is 5.69 Å². The van der Waals surface area contributed by atoms with Crippen LogP contribution in [-0.2, 0) is 0 Å². The van der Waals surface area contributed by atoms with E-state index >= 15 is 0 Å². The van der Waals surface area contributed by atoms with E-state index in [2.05, 4.69) is 22.2 Å². The number of rotatable bonds is 6. The molecule has 156 valence electrons. The van der Waals surface area contributed by atoms with E-state index < -0.39 is 0 Å². The fourth-order valence-electron chi connectivity index (χ4n) is 4.31. The fraction of sp³-hybridized carbons (Fsp3) is 0.667. The maximum atomic E-state index is 6.24. The Morgan fingerprint density at radius 2 is 1.75 bits per heavy atom. The quantitative estimate of drug-likeness (QED) is 0.575. The monoisotopic (exact) mass is 389 g/mol. The van der Waals surface area contributed by atoms with Gasteiger partial charge in [-0.25, -0.2) is 0 Å². The number of methoxy groups -OCH3 is 2. The van der Waals surface area contributed by atoms with Crippen LogP contribution in [0.2, 0.25) is 0 Å². The highest BCUT2D eigenvalue weighted by Crippen LogP contribution is 2.32. The number of aliphatic imine (C=N–C) groups is 1. The third kappa shape index (κ3) is 4.89. The maximum absolute atomic E-state index is 6.24. The van der Waals surface area contributed by atoms with Crippen molar-refractivity contribution in [2.24, 2.45) is 10.7 Å². The highest BCUT2D eigenvalue weighted by molar-refractivity contribution is 5.92. The lowest BCUT2D eigenvalue weighted by molar-refractivity contribution is 0.0209. The summed E-state index contributed by atoms with van der Waals surface area (Å²) in [6.45, 7) is 5.35. The van der Waals surface area contributed by atoms with Crippen molar-refractivity contribution in [1.82, 2.24) is 9.80 Å². The number of nitrogens with one attached hydrogen (secondary N) is 1. The second kappa shape index (κ2) is 9.47. The van der Waals surface area contributed by atoms with Gasteiger partial charge >= 0.3 is 0 Å². The van der Waals surface area contributed by atoms with Gasteiger partial charge in [-0.2, -0.15) is 0 Å². The molecule has 0 amide bonds. The Labute approximate surface area is 168 Å². The van der Waals surface area contributed by atoms with Crippen LogP contribution in [0.25, 0.3) is 0 Å². The van der Waals surface area contributed by atoms with Crippen molar-refractivity contribution >= 4 is 11.6 Å². The number of nitrogens with two attached hydrogens (primary N) is 1. The van der Waals surface area contributed by atoms with Crippen LogP contribution < -0.4 is 20.5 Å². The zero-order valence-electron chi connectivity index (χ0n) is 17.5. The molecule has 0 radical (unpaired) electrons. The maximum Gasteiger partial charge on any atom is 0.193 e. The molecule has 0 aliphatic carbocycles. The molecule has 28 heavy (non-hydrogen) atoms. The first kappa shape index (κ1) is 20.7. The minimum atomic E-state index is 0.136. The van der Waals surface area contributed by atoms with Gasteiger partial charge in [0.25, 0.3) is 0 Å². The van der Waals surface area contributed by atoms with Crippen LogP contribution in [0, 0.1) is 0 Å². The zero-order valence-corrected chi connectivity index (χ0v) is 17.5. The first-order chi connectivity index (χ1) is 13.6. The van der Waals surface area contributed by atoms with E-state index in [1.165, 1.54) is 32.4 Å². The lowest BCUT2D eigenvalue weighted by Gasteiger charge is -2.49. The number of ether oxygens (including phenoxy) is 2. The molecule has 2 saturated heterocycles. The van der Waals surface area contributed by atoms with E-state index in [1.54, 1.807) is 14.2 Å². The summed E-state index contributed by atoms with van der Waals surface area (Å²) in [5, 5.41) is 3.20. The van der Waals surface area contributed by atoms with Crippen LogP contribution in [0.3, 0.4) is 0 Å². The number of piperidine rings is 2. The normalized spacial score (nSPS) is 21.3. The lowest BCUT2D eigenvalue weighted by Crippen LogP contribution is -2.58. The number of benzene rings is 1. The lowest BCUT2D eigenvalue weighted by atomic mass is 9.84. The van der Waals surface area contributed by atoms with Crippen LogP contribution in [0.15, 0.2) is 23.2 Å². The van der Waals surface area contributed by atoms with Gasteiger partial charge in [0, 0.05) is 17.3 Å². The molecule has 2 aliphatic rings. The second-order valence-electron chi connectivity index (χ2n) is 7.97. The van der Waals surface area contributed by atoms with Crippen LogP contribution >= 0.6 is 0 Å². The third-order valence-electron chi connectivity index (χ3n) is 6.14. The van der Waals surface area contributed by atoms with Crippen molar-refractivity contribution in [1.29, 1.82) is 0 Å². The molecule has 0 saturated carbocycles. The number of hydrogen-bond acceptors (Lipinski definition) is 5. The first-order valence-corrected chi connectivity index (χ1v) is 10.3. The Hall–Kier alpha value is -1.99. The van der Waals surface area contributed by atoms with Gasteiger partial charge in [-0.15, -0.1) is 0 Å². The number of guanidine groups is 1. The largest absolute Gasteiger partial charge is 0.493 e. The highest BCUT2D eigenvalue weighted by Gasteiger charge is 2.39. The van der Waals surface area contributed by atoms with Crippen molar-refractivity contribution in [2.75, 3.05) is 59.3 Å². The van der Waals surface area contributed by atoms with E-state index in [-0.39, 0.29) is 5.54 Å². The summed E-state index contributed by atoms with van der Waals surface area (Å²) < 4.78 is 10.7. The predicted molar refractivity (Wildman–Crippen MR) is 115 cm³/mol. The van der Waals surface area contributed by atoms with Crippen LogP contribution in [0.1, 0.15) is 32.1 Å². The topological polar surface area (TPSA) is 75.4 Å². The van der Waals surface area contributed by atoms with E-state index in [4.69, 9.17) is 20.2 Å². The zero-order chi connectivity index (χ0) is 20.0. The molecule has 2 aliphatic heterocycles. The van der Waals surface area contributed by atoms with Crippen molar-refractivity contribution in [2.45, 2.75) is 37.6 Å². The smallest absolute Gasteiger partial charge is 0.193 e. The summed E-state index contributed by atoms with van der Waals surface area (Å²) in [5.74, 6) is 1.81. The number of likely N-dealkylation sites (tertiary alicyclic amines) is 2. The standard InChI is InChI=1S/C21H35N5O2/c1-25-13-9-21(10-14-25,26-11-5-4-6-12-26)16-23-20(22)24-17-7-8-18(27-2)19(15-17)28-3/h7-8,15H,4-6,9-14,16H2,1-3H3,(H3,22,23,24). The molecule has 0 unspecified atom stereocenters. The molecule has 2 heterocycles. The van der Waals surface area contributed by atoms with Crippen LogP contribution in [-0.4, -0.2) is 75.3 Å². The first-order valence-electron chi connectivity index (χ1n) is 10.3. The van der Waals surface area contributed by atoms with E-state index in [1.807, 2.05) is 18.2 Å². The molecule has 3 rings (SSSR count). The summed E-state index contributed by atoms with van der Waals surface area (Å²) >= 11 is 0. The molecule has 1 aromatic rings. The van der Waals surface area contributed by atoms with Gasteiger partial charge in [-0.3, -0.25) is 9.89 Å². The Morgan fingerprint density at radius 3 is 2.39 bits per heavy atom. The van der Waals surface area contributed by atoms with E-state index in [0.29, 0.717) is 17.5 Å². The molecule has 0 aromatic heterocycles. The highest BCUT2D eigenvalue weighted by atomic mass is 16.5. The Bertz CT molecular complexity index is 665. The summed E-state index contributed by atoms with van der Waals surface area (Å²) in [4.78, 5) is 9.86. The average molecular weight is 390 g/mol. The molecule has 7 heteroatoms. The van der Waals surface area contributed by atoms with E-state index in [0.717, 1.165) is 38.2 Å². The molecule has 2 fully saturated rings. The summed E-state index contributed by atoms with van der Waals surface area (Å²) in [5.41, 5.74) is 7.22. The summed E-state index contributed by atoms with van der Waals surface area (Å²) in [6.07, 6.45) is 6.23.